The molecule has 7 atom stereocenters. The average molecular weight is 485 g/mol. The second-order valence-corrected chi connectivity index (χ2v) is 11.9. The van der Waals surface area contributed by atoms with E-state index in [1.807, 2.05) is 4.90 Å². The molecule has 4 nitrogen and oxygen atoms in total. The molecule has 0 aromatic carbocycles. The fourth-order valence-electron chi connectivity index (χ4n) is 8.13. The van der Waals surface area contributed by atoms with Gasteiger partial charge in [-0.25, -0.2) is 0 Å². The molecular formula is C26H39Cl2NO3. The first kappa shape index (κ1) is 24.4. The number of hydrogen-bond acceptors (Lipinski definition) is 3. The molecule has 0 spiro atoms. The van der Waals surface area contributed by atoms with Crippen molar-refractivity contribution >= 4 is 35.1 Å². The van der Waals surface area contributed by atoms with Gasteiger partial charge in [0.15, 0.2) is 0 Å². The minimum atomic E-state index is -0.166. The molecule has 4 aliphatic carbocycles. The van der Waals surface area contributed by atoms with Crippen LogP contribution in [0.25, 0.3) is 0 Å². The van der Waals surface area contributed by atoms with Crippen LogP contribution in [-0.2, 0) is 14.3 Å². The topological polar surface area (TPSA) is 46.6 Å². The monoisotopic (exact) mass is 483 g/mol. The second kappa shape index (κ2) is 9.49. The molecule has 3 saturated carbocycles. The zero-order valence-electron chi connectivity index (χ0n) is 19.9. The quantitative estimate of drug-likeness (QED) is 0.272. The van der Waals surface area contributed by atoms with E-state index in [1.54, 1.807) is 0 Å². The summed E-state index contributed by atoms with van der Waals surface area (Å²) in [6.45, 7) is 7.54. The van der Waals surface area contributed by atoms with Gasteiger partial charge in [0, 0.05) is 44.1 Å². The molecule has 3 fully saturated rings. The van der Waals surface area contributed by atoms with Gasteiger partial charge in [-0.05, 0) is 73.5 Å². The van der Waals surface area contributed by atoms with Crippen LogP contribution in [0.3, 0.4) is 0 Å². The number of fused-ring (bicyclic) bond motifs is 5. The standard InChI is InChI=1S/C26H39Cl2NO3/c1-17(30)32-19-8-10-25(2)18(16-19)4-5-20-21-6-7-23(26(21,3)11-9-22(20)25)24(31)29(14-12-27)15-13-28/h4,19-23H,5-16H2,1-3H3/t19-,20+,21+,22+,23-,25+,26+/m1/s1. The van der Waals surface area contributed by atoms with Crippen molar-refractivity contribution in [3.63, 3.8) is 0 Å². The van der Waals surface area contributed by atoms with Crippen LogP contribution in [-0.4, -0.2) is 47.7 Å². The lowest BCUT2D eigenvalue weighted by atomic mass is 9.47. The van der Waals surface area contributed by atoms with Crippen molar-refractivity contribution in [1.29, 1.82) is 0 Å². The van der Waals surface area contributed by atoms with Crippen LogP contribution in [0.2, 0.25) is 0 Å². The largest absolute Gasteiger partial charge is 0.462 e. The molecular weight excluding hydrogens is 445 g/mol. The van der Waals surface area contributed by atoms with Gasteiger partial charge in [-0.3, -0.25) is 9.59 Å². The highest BCUT2D eigenvalue weighted by molar-refractivity contribution is 6.18. The minimum Gasteiger partial charge on any atom is -0.462 e. The summed E-state index contributed by atoms with van der Waals surface area (Å²) in [5.41, 5.74) is 1.80. The average Bonchev–Trinajstić information content (AvgIpc) is 3.10. The molecule has 0 aromatic heterocycles. The number of amides is 1. The molecule has 0 bridgehead atoms. The number of carbonyl (C=O) groups excluding carboxylic acids is 2. The van der Waals surface area contributed by atoms with Gasteiger partial charge >= 0.3 is 5.97 Å². The Hall–Kier alpha value is -0.740. The summed E-state index contributed by atoms with van der Waals surface area (Å²) in [6, 6.07) is 0. The Kier molecular flexibility index (Phi) is 7.23. The number of halogens is 2. The normalized spacial score (nSPS) is 40.5. The molecule has 0 aliphatic heterocycles. The predicted octanol–water partition coefficient (Wildman–Crippen LogP) is 5.80. The first-order valence-electron chi connectivity index (χ1n) is 12.5. The minimum absolute atomic E-state index is 0.0422. The maximum atomic E-state index is 13.5. The third-order valence-electron chi connectivity index (χ3n) is 9.71. The van der Waals surface area contributed by atoms with Crippen LogP contribution < -0.4 is 0 Å². The van der Waals surface area contributed by atoms with Crippen molar-refractivity contribution < 1.29 is 14.3 Å². The molecule has 0 unspecified atom stereocenters. The summed E-state index contributed by atoms with van der Waals surface area (Å²) >= 11 is 12.0. The van der Waals surface area contributed by atoms with Crippen LogP contribution in [0.4, 0.5) is 0 Å². The Morgan fingerprint density at radius 1 is 1.06 bits per heavy atom. The lowest BCUT2D eigenvalue weighted by Crippen LogP contribution is -2.52. The van der Waals surface area contributed by atoms with E-state index in [0.29, 0.717) is 42.6 Å². The zero-order valence-corrected chi connectivity index (χ0v) is 21.4. The van der Waals surface area contributed by atoms with Gasteiger partial charge < -0.3 is 9.64 Å². The number of carbonyl (C=O) groups is 2. The number of alkyl halides is 2. The van der Waals surface area contributed by atoms with Crippen LogP contribution in [0.1, 0.15) is 72.1 Å². The third kappa shape index (κ3) is 4.13. The molecule has 4 aliphatic rings. The van der Waals surface area contributed by atoms with Crippen LogP contribution in [0, 0.1) is 34.5 Å². The van der Waals surface area contributed by atoms with Gasteiger partial charge in [0.1, 0.15) is 6.10 Å². The van der Waals surface area contributed by atoms with E-state index in [1.165, 1.54) is 18.9 Å². The summed E-state index contributed by atoms with van der Waals surface area (Å²) in [6.07, 6.45) is 11.1. The first-order chi connectivity index (χ1) is 15.2. The SMILES string of the molecule is CC(=O)O[C@@H]1CC[C@@]2(C)C(=CC[C@H]3[C@@H]4CC[C@H](C(=O)N(CCCl)CCCl)[C@@]4(C)CC[C@@H]32)C1. The number of ether oxygens (including phenoxy) is 1. The van der Waals surface area contributed by atoms with E-state index in [4.69, 9.17) is 27.9 Å². The Morgan fingerprint density at radius 3 is 2.44 bits per heavy atom. The van der Waals surface area contributed by atoms with E-state index < -0.39 is 0 Å². The van der Waals surface area contributed by atoms with Crippen molar-refractivity contribution in [2.24, 2.45) is 34.5 Å². The van der Waals surface area contributed by atoms with Gasteiger partial charge in [-0.2, -0.15) is 0 Å². The molecule has 180 valence electrons. The van der Waals surface area contributed by atoms with E-state index in [9.17, 15) is 9.59 Å². The fraction of sp³-hybridized carbons (Fsp3) is 0.846. The molecule has 32 heavy (non-hydrogen) atoms. The molecule has 0 heterocycles. The number of esters is 1. The zero-order chi connectivity index (χ0) is 23.1. The van der Waals surface area contributed by atoms with E-state index in [2.05, 4.69) is 19.9 Å². The van der Waals surface area contributed by atoms with Crippen molar-refractivity contribution in [1.82, 2.24) is 4.90 Å². The summed E-state index contributed by atoms with van der Waals surface area (Å²) in [7, 11) is 0. The number of hydrogen-bond donors (Lipinski definition) is 0. The number of allylic oxidation sites excluding steroid dienone is 1. The van der Waals surface area contributed by atoms with Gasteiger partial charge in [0.2, 0.25) is 5.91 Å². The highest BCUT2D eigenvalue weighted by Crippen LogP contribution is 2.66. The molecule has 1 amide bonds. The maximum absolute atomic E-state index is 13.5. The smallest absolute Gasteiger partial charge is 0.302 e. The fourth-order valence-corrected chi connectivity index (χ4v) is 8.53. The molecule has 0 N–H and O–H groups in total. The van der Waals surface area contributed by atoms with Crippen molar-refractivity contribution in [3.05, 3.63) is 11.6 Å². The Labute approximate surface area is 203 Å². The second-order valence-electron chi connectivity index (χ2n) is 11.1. The lowest BCUT2D eigenvalue weighted by molar-refractivity contribution is -0.149. The molecule has 0 aromatic rings. The van der Waals surface area contributed by atoms with Crippen molar-refractivity contribution in [3.8, 4) is 0 Å². The number of rotatable bonds is 6. The van der Waals surface area contributed by atoms with Crippen molar-refractivity contribution in [2.75, 3.05) is 24.8 Å². The van der Waals surface area contributed by atoms with Gasteiger partial charge in [0.25, 0.3) is 0 Å². The van der Waals surface area contributed by atoms with E-state index >= 15 is 0 Å². The van der Waals surface area contributed by atoms with Crippen LogP contribution in [0.5, 0.6) is 0 Å². The highest BCUT2D eigenvalue weighted by Gasteiger charge is 2.60. The third-order valence-corrected chi connectivity index (χ3v) is 10.0. The number of nitrogens with zero attached hydrogens (tertiary/aromatic N) is 1. The van der Waals surface area contributed by atoms with Gasteiger partial charge in [0.05, 0.1) is 0 Å². The first-order valence-corrected chi connectivity index (χ1v) is 13.6. The summed E-state index contributed by atoms with van der Waals surface area (Å²) in [5, 5.41) is 0. The van der Waals surface area contributed by atoms with E-state index in [-0.39, 0.29) is 34.7 Å². The lowest BCUT2D eigenvalue weighted by Gasteiger charge is -2.58. The predicted molar refractivity (Wildman–Crippen MR) is 129 cm³/mol. The Morgan fingerprint density at radius 2 is 1.78 bits per heavy atom. The summed E-state index contributed by atoms with van der Waals surface area (Å²) in [5.74, 6) is 3.05. The van der Waals surface area contributed by atoms with Gasteiger partial charge in [-0.15, -0.1) is 23.2 Å². The Balaban J connectivity index is 1.53. The molecule has 0 saturated heterocycles. The van der Waals surface area contributed by atoms with Crippen LogP contribution >= 0.6 is 23.2 Å². The summed E-state index contributed by atoms with van der Waals surface area (Å²) < 4.78 is 5.57. The van der Waals surface area contributed by atoms with Gasteiger partial charge in [-0.1, -0.05) is 25.5 Å². The van der Waals surface area contributed by atoms with E-state index in [0.717, 1.165) is 44.9 Å². The highest BCUT2D eigenvalue weighted by atomic mass is 35.5. The summed E-state index contributed by atoms with van der Waals surface area (Å²) in [4.78, 5) is 26.9. The molecule has 6 heteroatoms. The maximum Gasteiger partial charge on any atom is 0.302 e. The Bertz CT molecular complexity index is 764. The van der Waals surface area contributed by atoms with Crippen molar-refractivity contribution in [2.45, 2.75) is 78.2 Å². The molecule has 4 rings (SSSR count). The molecule has 0 radical (unpaired) electrons. The van der Waals surface area contributed by atoms with Crippen LogP contribution in [0.15, 0.2) is 11.6 Å².